The lowest BCUT2D eigenvalue weighted by molar-refractivity contribution is 0.0769. The van der Waals surface area contributed by atoms with Crippen molar-refractivity contribution in [1.29, 1.82) is 0 Å². The summed E-state index contributed by atoms with van der Waals surface area (Å²) in [5.41, 5.74) is 0.214. The molecular weight excluding hydrogens is 242 g/mol. The van der Waals surface area contributed by atoms with Crippen LogP contribution in [0.1, 0.15) is 16.2 Å². The summed E-state index contributed by atoms with van der Waals surface area (Å²) >= 11 is 5.67. The van der Waals surface area contributed by atoms with Gasteiger partial charge < -0.3 is 9.32 Å². The molecule has 0 radical (unpaired) electrons. The van der Waals surface area contributed by atoms with Gasteiger partial charge in [0.25, 0.3) is 5.91 Å². The van der Waals surface area contributed by atoms with Crippen molar-refractivity contribution in [1.82, 2.24) is 14.9 Å². The molecular formula is C11H10ClN3O2. The molecule has 2 rings (SSSR count). The van der Waals surface area contributed by atoms with E-state index in [-0.39, 0.29) is 16.8 Å². The van der Waals surface area contributed by atoms with Crippen molar-refractivity contribution in [3.05, 3.63) is 47.4 Å². The van der Waals surface area contributed by atoms with Gasteiger partial charge in [-0.2, -0.15) is 0 Å². The Kier molecular flexibility index (Phi) is 3.39. The molecule has 0 spiro atoms. The number of carbonyl (C=O) groups excluding carboxylic acids is 1. The second kappa shape index (κ2) is 4.97. The van der Waals surface area contributed by atoms with E-state index in [2.05, 4.69) is 9.97 Å². The molecule has 2 heterocycles. The number of aromatic nitrogens is 2. The number of hydrogen-bond acceptors (Lipinski definition) is 4. The smallest absolute Gasteiger partial charge is 0.274 e. The SMILES string of the molecule is CN(Cc1ccco1)C(=O)c1cncc(Cl)n1. The molecule has 2 aromatic heterocycles. The quantitative estimate of drug-likeness (QED) is 0.837. The van der Waals surface area contributed by atoms with Crippen LogP contribution in [0.2, 0.25) is 5.15 Å². The highest BCUT2D eigenvalue weighted by Gasteiger charge is 2.15. The Hall–Kier alpha value is -1.88. The summed E-state index contributed by atoms with van der Waals surface area (Å²) in [6.45, 7) is 0.375. The molecule has 0 N–H and O–H groups in total. The molecule has 0 aliphatic rings. The zero-order valence-electron chi connectivity index (χ0n) is 9.13. The second-order valence-corrected chi connectivity index (χ2v) is 3.85. The highest BCUT2D eigenvalue weighted by molar-refractivity contribution is 6.29. The highest BCUT2D eigenvalue weighted by Crippen LogP contribution is 2.08. The van der Waals surface area contributed by atoms with E-state index < -0.39 is 0 Å². The van der Waals surface area contributed by atoms with Gasteiger partial charge in [0.15, 0.2) is 0 Å². The van der Waals surface area contributed by atoms with Crippen molar-refractivity contribution < 1.29 is 9.21 Å². The molecule has 0 bridgehead atoms. The Labute approximate surface area is 103 Å². The average molecular weight is 252 g/mol. The Balaban J connectivity index is 2.09. The van der Waals surface area contributed by atoms with Gasteiger partial charge in [-0.05, 0) is 12.1 Å². The maximum absolute atomic E-state index is 11.9. The number of halogens is 1. The van der Waals surface area contributed by atoms with E-state index in [1.54, 1.807) is 25.4 Å². The van der Waals surface area contributed by atoms with Crippen molar-refractivity contribution in [2.75, 3.05) is 7.05 Å². The van der Waals surface area contributed by atoms with Crippen molar-refractivity contribution in [3.63, 3.8) is 0 Å². The number of amides is 1. The third kappa shape index (κ3) is 2.82. The lowest BCUT2D eigenvalue weighted by atomic mass is 10.3. The maximum atomic E-state index is 11.9. The predicted octanol–water partition coefficient (Wildman–Crippen LogP) is 2.00. The van der Waals surface area contributed by atoms with E-state index in [1.165, 1.54) is 17.3 Å². The van der Waals surface area contributed by atoms with Gasteiger partial charge in [-0.3, -0.25) is 9.78 Å². The molecule has 6 heteroatoms. The molecule has 0 aliphatic carbocycles. The molecule has 0 saturated carbocycles. The maximum Gasteiger partial charge on any atom is 0.274 e. The Morgan fingerprint density at radius 1 is 1.53 bits per heavy atom. The number of nitrogens with zero attached hydrogens (tertiary/aromatic N) is 3. The zero-order chi connectivity index (χ0) is 12.3. The largest absolute Gasteiger partial charge is 0.467 e. The molecule has 0 aromatic carbocycles. The summed E-state index contributed by atoms with van der Waals surface area (Å²) < 4.78 is 5.16. The third-order valence-electron chi connectivity index (χ3n) is 2.14. The minimum atomic E-state index is -0.253. The van der Waals surface area contributed by atoms with Gasteiger partial charge in [0, 0.05) is 7.05 Å². The van der Waals surface area contributed by atoms with E-state index >= 15 is 0 Å². The van der Waals surface area contributed by atoms with Crippen LogP contribution in [0.3, 0.4) is 0 Å². The summed E-state index contributed by atoms with van der Waals surface area (Å²) in [6.07, 6.45) is 4.32. The first-order chi connectivity index (χ1) is 8.16. The summed E-state index contributed by atoms with van der Waals surface area (Å²) in [5, 5.41) is 0.197. The van der Waals surface area contributed by atoms with Crippen molar-refractivity contribution in [2.24, 2.45) is 0 Å². The molecule has 0 unspecified atom stereocenters. The van der Waals surface area contributed by atoms with Gasteiger partial charge >= 0.3 is 0 Å². The van der Waals surface area contributed by atoms with Crippen molar-refractivity contribution in [3.8, 4) is 0 Å². The van der Waals surface area contributed by atoms with Crippen LogP contribution in [0.4, 0.5) is 0 Å². The lowest BCUT2D eigenvalue weighted by Gasteiger charge is -2.14. The third-order valence-corrected chi connectivity index (χ3v) is 2.33. The lowest BCUT2D eigenvalue weighted by Crippen LogP contribution is -2.27. The minimum absolute atomic E-state index is 0.197. The van der Waals surface area contributed by atoms with Gasteiger partial charge in [0.1, 0.15) is 16.6 Å². The first-order valence-electron chi connectivity index (χ1n) is 4.92. The van der Waals surface area contributed by atoms with Crippen LogP contribution in [0, 0.1) is 0 Å². The van der Waals surface area contributed by atoms with E-state index in [0.717, 1.165) is 0 Å². The molecule has 0 fully saturated rings. The number of carbonyl (C=O) groups is 1. The Morgan fingerprint density at radius 3 is 3.00 bits per heavy atom. The second-order valence-electron chi connectivity index (χ2n) is 3.47. The fraction of sp³-hybridized carbons (Fsp3) is 0.182. The Bertz CT molecular complexity index is 513. The van der Waals surface area contributed by atoms with Crippen LogP contribution in [0.5, 0.6) is 0 Å². The Morgan fingerprint density at radius 2 is 2.35 bits per heavy atom. The highest BCUT2D eigenvalue weighted by atomic mass is 35.5. The molecule has 17 heavy (non-hydrogen) atoms. The summed E-state index contributed by atoms with van der Waals surface area (Å²) in [7, 11) is 1.66. The molecule has 0 saturated heterocycles. The van der Waals surface area contributed by atoms with Crippen LogP contribution < -0.4 is 0 Å². The van der Waals surface area contributed by atoms with E-state index in [1.807, 2.05) is 0 Å². The van der Waals surface area contributed by atoms with Gasteiger partial charge in [-0.25, -0.2) is 4.98 Å². The number of rotatable bonds is 3. The molecule has 0 aliphatic heterocycles. The molecule has 2 aromatic rings. The molecule has 5 nitrogen and oxygen atoms in total. The van der Waals surface area contributed by atoms with E-state index in [0.29, 0.717) is 12.3 Å². The van der Waals surface area contributed by atoms with Gasteiger partial charge in [-0.1, -0.05) is 11.6 Å². The first kappa shape index (κ1) is 11.6. The van der Waals surface area contributed by atoms with Gasteiger partial charge in [0.05, 0.1) is 25.2 Å². The topological polar surface area (TPSA) is 59.2 Å². The fourth-order valence-corrected chi connectivity index (χ4v) is 1.50. The van der Waals surface area contributed by atoms with Gasteiger partial charge in [-0.15, -0.1) is 0 Å². The summed E-state index contributed by atoms with van der Waals surface area (Å²) in [6, 6.07) is 3.57. The first-order valence-corrected chi connectivity index (χ1v) is 5.30. The van der Waals surface area contributed by atoms with Crippen LogP contribution in [0.25, 0.3) is 0 Å². The number of hydrogen-bond donors (Lipinski definition) is 0. The van der Waals surface area contributed by atoms with Gasteiger partial charge in [0.2, 0.25) is 0 Å². The van der Waals surface area contributed by atoms with Crippen molar-refractivity contribution in [2.45, 2.75) is 6.54 Å². The normalized spacial score (nSPS) is 10.2. The monoisotopic (exact) mass is 251 g/mol. The molecule has 88 valence electrons. The standard InChI is InChI=1S/C11H10ClN3O2/c1-15(7-8-3-2-4-17-8)11(16)9-5-13-6-10(12)14-9/h2-6H,7H2,1H3. The van der Waals surface area contributed by atoms with E-state index in [9.17, 15) is 4.79 Å². The van der Waals surface area contributed by atoms with Crippen LogP contribution >= 0.6 is 11.6 Å². The minimum Gasteiger partial charge on any atom is -0.467 e. The van der Waals surface area contributed by atoms with Crippen molar-refractivity contribution >= 4 is 17.5 Å². The predicted molar refractivity (Wildman–Crippen MR) is 61.5 cm³/mol. The fourth-order valence-electron chi connectivity index (χ4n) is 1.35. The molecule has 0 atom stereocenters. The summed E-state index contributed by atoms with van der Waals surface area (Å²) in [4.78, 5) is 21.2. The number of furan rings is 1. The van der Waals surface area contributed by atoms with E-state index in [4.69, 9.17) is 16.0 Å². The van der Waals surface area contributed by atoms with Crippen LogP contribution in [-0.4, -0.2) is 27.8 Å². The average Bonchev–Trinajstić information content (AvgIpc) is 2.80. The zero-order valence-corrected chi connectivity index (χ0v) is 9.89. The summed E-state index contributed by atoms with van der Waals surface area (Å²) in [5.74, 6) is 0.451. The van der Waals surface area contributed by atoms with Crippen LogP contribution in [0.15, 0.2) is 35.2 Å². The molecule has 1 amide bonds. The van der Waals surface area contributed by atoms with Crippen LogP contribution in [-0.2, 0) is 6.54 Å².